The Labute approximate surface area is 118 Å². The van der Waals surface area contributed by atoms with E-state index in [1.54, 1.807) is 11.8 Å². The molecule has 0 fully saturated rings. The molecule has 1 aromatic heterocycles. The van der Waals surface area contributed by atoms with Crippen LogP contribution in [0.3, 0.4) is 0 Å². The van der Waals surface area contributed by atoms with E-state index in [1.807, 2.05) is 37.3 Å². The molecule has 0 N–H and O–H groups in total. The van der Waals surface area contributed by atoms with Crippen molar-refractivity contribution in [3.8, 4) is 0 Å². The van der Waals surface area contributed by atoms with Crippen LogP contribution >= 0.6 is 39.3 Å². The van der Waals surface area contributed by atoms with Crippen molar-refractivity contribution in [2.75, 3.05) is 0 Å². The van der Waals surface area contributed by atoms with Crippen LogP contribution in [0.15, 0.2) is 40.0 Å². The highest BCUT2D eigenvalue weighted by molar-refractivity contribution is 9.10. The van der Waals surface area contributed by atoms with Crippen molar-refractivity contribution in [1.82, 2.24) is 9.97 Å². The summed E-state index contributed by atoms with van der Waals surface area (Å²) in [7, 11) is 0. The summed E-state index contributed by atoms with van der Waals surface area (Å²) in [5.41, 5.74) is 1.12. The summed E-state index contributed by atoms with van der Waals surface area (Å²) in [6.07, 6.45) is 0. The van der Waals surface area contributed by atoms with E-state index < -0.39 is 0 Å². The van der Waals surface area contributed by atoms with E-state index in [2.05, 4.69) is 25.9 Å². The number of rotatable bonds is 3. The molecule has 1 aromatic carbocycles. The van der Waals surface area contributed by atoms with E-state index in [0.717, 1.165) is 31.8 Å². The third-order valence-corrected chi connectivity index (χ3v) is 3.85. The van der Waals surface area contributed by atoms with Gasteiger partial charge in [-0.15, -0.1) is 11.8 Å². The number of halogens is 2. The van der Waals surface area contributed by atoms with Crippen molar-refractivity contribution in [2.24, 2.45) is 0 Å². The molecule has 5 heteroatoms. The van der Waals surface area contributed by atoms with Gasteiger partial charge in [-0.2, -0.15) is 0 Å². The predicted octanol–water partition coefficient (Wildman–Crippen LogP) is 4.49. The molecule has 0 aliphatic rings. The molecule has 0 atom stereocenters. The molecule has 2 aromatic rings. The largest absolute Gasteiger partial charge is 0.227 e. The van der Waals surface area contributed by atoms with Crippen molar-refractivity contribution in [3.63, 3.8) is 0 Å². The van der Waals surface area contributed by atoms with E-state index in [0.29, 0.717) is 0 Å². The molecule has 0 spiro atoms. The van der Waals surface area contributed by atoms with Gasteiger partial charge in [-0.3, -0.25) is 0 Å². The van der Waals surface area contributed by atoms with Crippen molar-refractivity contribution in [3.05, 3.63) is 51.3 Å². The summed E-state index contributed by atoms with van der Waals surface area (Å²) in [5, 5.41) is 1.74. The highest BCUT2D eigenvalue weighted by Gasteiger charge is 2.03. The van der Waals surface area contributed by atoms with E-state index in [4.69, 9.17) is 11.6 Å². The average Bonchev–Trinajstić information content (AvgIpc) is 2.27. The van der Waals surface area contributed by atoms with Gasteiger partial charge in [-0.25, -0.2) is 9.97 Å². The molecule has 2 rings (SSSR count). The van der Waals surface area contributed by atoms with Crippen LogP contribution in [-0.4, -0.2) is 9.97 Å². The summed E-state index contributed by atoms with van der Waals surface area (Å²) in [6.45, 7) is 1.88. The van der Waals surface area contributed by atoms with Crippen LogP contribution in [0.1, 0.15) is 11.4 Å². The summed E-state index contributed by atoms with van der Waals surface area (Å²) in [5.74, 6) is 1.57. The number of aryl methyl sites for hydroxylation is 1. The van der Waals surface area contributed by atoms with Gasteiger partial charge in [0.1, 0.15) is 15.5 Å². The van der Waals surface area contributed by atoms with Gasteiger partial charge in [0.25, 0.3) is 0 Å². The fraction of sp³-hybridized carbons (Fsp3) is 0.167. The standard InChI is InChI=1S/C12H10BrClN2S/c1-8-15-11(13)6-12(16-8)17-7-9-4-2-3-5-10(9)14/h2-6H,7H2,1H3. The number of nitrogens with zero attached hydrogens (tertiary/aromatic N) is 2. The Morgan fingerprint density at radius 3 is 2.76 bits per heavy atom. The molecule has 0 saturated heterocycles. The number of thioether (sulfide) groups is 1. The van der Waals surface area contributed by atoms with Crippen LogP contribution < -0.4 is 0 Å². The molecular weight excluding hydrogens is 320 g/mol. The van der Waals surface area contributed by atoms with Crippen molar-refractivity contribution >= 4 is 39.3 Å². The summed E-state index contributed by atoms with van der Waals surface area (Å²) in [6, 6.07) is 9.76. The Kier molecular flexibility index (Phi) is 4.42. The Morgan fingerprint density at radius 1 is 1.29 bits per heavy atom. The van der Waals surface area contributed by atoms with Crippen LogP contribution in [0.4, 0.5) is 0 Å². The molecule has 0 amide bonds. The van der Waals surface area contributed by atoms with Crippen LogP contribution in [0, 0.1) is 6.92 Å². The lowest BCUT2D eigenvalue weighted by Crippen LogP contribution is -1.91. The number of hydrogen-bond acceptors (Lipinski definition) is 3. The fourth-order valence-electron chi connectivity index (χ4n) is 1.35. The highest BCUT2D eigenvalue weighted by atomic mass is 79.9. The second-order valence-corrected chi connectivity index (χ2v) is 5.67. The van der Waals surface area contributed by atoms with Crippen molar-refractivity contribution in [1.29, 1.82) is 0 Å². The predicted molar refractivity (Wildman–Crippen MR) is 75.5 cm³/mol. The molecule has 0 unspecified atom stereocenters. The zero-order valence-corrected chi connectivity index (χ0v) is 12.3. The minimum Gasteiger partial charge on any atom is -0.227 e. The van der Waals surface area contributed by atoms with Gasteiger partial charge < -0.3 is 0 Å². The Morgan fingerprint density at radius 2 is 2.06 bits per heavy atom. The van der Waals surface area contributed by atoms with Crippen LogP contribution in [0.5, 0.6) is 0 Å². The first kappa shape index (κ1) is 12.9. The molecule has 88 valence electrons. The Bertz CT molecular complexity index is 513. The number of aromatic nitrogens is 2. The third-order valence-electron chi connectivity index (χ3n) is 2.12. The smallest absolute Gasteiger partial charge is 0.127 e. The topological polar surface area (TPSA) is 25.8 Å². The second kappa shape index (κ2) is 5.85. The number of benzene rings is 1. The van der Waals surface area contributed by atoms with Gasteiger partial charge in [0.05, 0.1) is 0 Å². The molecule has 0 radical (unpaired) electrons. The Hall–Kier alpha value is -0.580. The third kappa shape index (κ3) is 3.69. The van der Waals surface area contributed by atoms with Gasteiger partial charge in [0.15, 0.2) is 0 Å². The normalized spacial score (nSPS) is 10.5. The van der Waals surface area contributed by atoms with Crippen molar-refractivity contribution < 1.29 is 0 Å². The second-order valence-electron chi connectivity index (χ2n) is 3.46. The zero-order valence-electron chi connectivity index (χ0n) is 9.15. The monoisotopic (exact) mass is 328 g/mol. The quantitative estimate of drug-likeness (QED) is 0.613. The molecule has 0 bridgehead atoms. The van der Waals surface area contributed by atoms with Gasteiger partial charge in [0.2, 0.25) is 0 Å². The first-order valence-corrected chi connectivity index (χ1v) is 7.18. The summed E-state index contributed by atoms with van der Waals surface area (Å²) < 4.78 is 0.812. The minimum atomic E-state index is 0.765. The van der Waals surface area contributed by atoms with E-state index >= 15 is 0 Å². The zero-order chi connectivity index (χ0) is 12.3. The molecule has 1 heterocycles. The lowest BCUT2D eigenvalue weighted by Gasteiger charge is -2.04. The highest BCUT2D eigenvalue weighted by Crippen LogP contribution is 2.26. The fourth-order valence-corrected chi connectivity index (χ4v) is 3.20. The van der Waals surface area contributed by atoms with E-state index in [1.165, 1.54) is 0 Å². The minimum absolute atomic E-state index is 0.765. The van der Waals surface area contributed by atoms with Crippen LogP contribution in [0.2, 0.25) is 5.02 Å². The maximum atomic E-state index is 6.10. The van der Waals surface area contributed by atoms with Gasteiger partial charge in [-0.05, 0) is 34.5 Å². The molecule has 0 saturated carbocycles. The molecule has 0 aliphatic heterocycles. The van der Waals surface area contributed by atoms with Crippen LogP contribution in [0.25, 0.3) is 0 Å². The summed E-state index contributed by atoms with van der Waals surface area (Å²) in [4.78, 5) is 8.53. The molecule has 17 heavy (non-hydrogen) atoms. The molecule has 0 aliphatic carbocycles. The van der Waals surface area contributed by atoms with Gasteiger partial charge in [0, 0.05) is 16.8 Å². The van der Waals surface area contributed by atoms with E-state index in [9.17, 15) is 0 Å². The van der Waals surface area contributed by atoms with E-state index in [-0.39, 0.29) is 0 Å². The van der Waals surface area contributed by atoms with Crippen molar-refractivity contribution in [2.45, 2.75) is 17.7 Å². The maximum absolute atomic E-state index is 6.10. The lowest BCUT2D eigenvalue weighted by atomic mass is 10.2. The number of hydrogen-bond donors (Lipinski definition) is 0. The lowest BCUT2D eigenvalue weighted by molar-refractivity contribution is 0.951. The average molecular weight is 330 g/mol. The first-order chi connectivity index (χ1) is 8.15. The summed E-state index contributed by atoms with van der Waals surface area (Å²) >= 11 is 11.1. The molecule has 2 nitrogen and oxygen atoms in total. The van der Waals surface area contributed by atoms with Crippen LogP contribution in [-0.2, 0) is 5.75 Å². The van der Waals surface area contributed by atoms with Gasteiger partial charge >= 0.3 is 0 Å². The SMILES string of the molecule is Cc1nc(Br)cc(SCc2ccccc2Cl)n1. The first-order valence-electron chi connectivity index (χ1n) is 5.02. The van der Waals surface area contributed by atoms with Gasteiger partial charge in [-0.1, -0.05) is 29.8 Å². The maximum Gasteiger partial charge on any atom is 0.127 e. The molecular formula is C12H10BrClN2S. The Balaban J connectivity index is 2.10.